The molecule has 35 heavy (non-hydrogen) atoms. The Balaban J connectivity index is 1.53. The summed E-state index contributed by atoms with van der Waals surface area (Å²) in [4.78, 5) is 2.21. The van der Waals surface area contributed by atoms with Gasteiger partial charge in [0.25, 0.3) is 0 Å². The highest BCUT2D eigenvalue weighted by Crippen LogP contribution is 2.19. The van der Waals surface area contributed by atoms with E-state index in [0.29, 0.717) is 16.7 Å². The Morgan fingerprint density at radius 3 is 2.46 bits per heavy atom. The van der Waals surface area contributed by atoms with Gasteiger partial charge in [0.05, 0.1) is 6.54 Å². The van der Waals surface area contributed by atoms with E-state index in [9.17, 15) is 0 Å². The zero-order valence-corrected chi connectivity index (χ0v) is 22.3. The first-order valence-corrected chi connectivity index (χ1v) is 12.8. The summed E-state index contributed by atoms with van der Waals surface area (Å²) in [7, 11) is 0. The molecule has 0 saturated carbocycles. The normalized spacial score (nSPS) is 10.9. The van der Waals surface area contributed by atoms with Gasteiger partial charge in [-0.1, -0.05) is 65.2 Å². The summed E-state index contributed by atoms with van der Waals surface area (Å²) in [5.74, 6) is 0. The number of aryl methyl sites for hydroxylation is 2. The van der Waals surface area contributed by atoms with Crippen molar-refractivity contribution in [3.63, 3.8) is 0 Å². The molecule has 0 atom stereocenters. The van der Waals surface area contributed by atoms with Crippen LogP contribution in [0, 0.1) is 13.8 Å². The summed E-state index contributed by atoms with van der Waals surface area (Å²) in [5.41, 5.74) is 7.21. The third kappa shape index (κ3) is 7.11. The molecule has 0 aliphatic carbocycles. The highest BCUT2D eigenvalue weighted by atomic mass is 35.5. The summed E-state index contributed by atoms with van der Waals surface area (Å²) >= 11 is 18.1. The topological polar surface area (TPSA) is 20.2 Å². The van der Waals surface area contributed by atoms with Crippen LogP contribution in [0.15, 0.2) is 85.1 Å². The average molecular weight is 523 g/mol. The van der Waals surface area contributed by atoms with E-state index in [1.165, 1.54) is 27.9 Å². The Morgan fingerprint density at radius 2 is 1.71 bits per heavy atom. The maximum Gasteiger partial charge on any atom is 0.173 e. The van der Waals surface area contributed by atoms with Crippen LogP contribution >= 0.6 is 35.4 Å². The highest BCUT2D eigenvalue weighted by molar-refractivity contribution is 7.80. The molecule has 1 N–H and O–H groups in total. The first kappa shape index (κ1) is 25.3. The second kappa shape index (κ2) is 11.8. The molecule has 180 valence electrons. The van der Waals surface area contributed by atoms with Crippen LogP contribution in [-0.2, 0) is 19.5 Å². The summed E-state index contributed by atoms with van der Waals surface area (Å²) in [6, 6.07) is 26.5. The average Bonchev–Trinajstić information content (AvgIpc) is 3.26. The van der Waals surface area contributed by atoms with Crippen molar-refractivity contribution in [2.45, 2.75) is 33.4 Å². The van der Waals surface area contributed by atoms with Crippen LogP contribution in [0.25, 0.3) is 0 Å². The molecule has 1 heterocycles. The van der Waals surface area contributed by atoms with Gasteiger partial charge in [0.1, 0.15) is 0 Å². The van der Waals surface area contributed by atoms with Crippen LogP contribution in [0.4, 0.5) is 5.69 Å². The number of benzene rings is 3. The van der Waals surface area contributed by atoms with Crippen molar-refractivity contribution in [2.75, 3.05) is 11.9 Å². The maximum absolute atomic E-state index is 6.19. The summed E-state index contributed by atoms with van der Waals surface area (Å²) in [6.45, 7) is 6.59. The molecule has 4 rings (SSSR count). The number of aromatic nitrogens is 1. The number of nitrogens with one attached hydrogen (secondary N) is 1. The van der Waals surface area contributed by atoms with Crippen molar-refractivity contribution in [3.8, 4) is 0 Å². The summed E-state index contributed by atoms with van der Waals surface area (Å²) in [6.07, 6.45) is 2.99. The second-order valence-electron chi connectivity index (χ2n) is 8.80. The number of rotatable bonds is 8. The molecular weight excluding hydrogens is 493 g/mol. The second-order valence-corrected chi connectivity index (χ2v) is 10.1. The molecule has 0 amide bonds. The van der Waals surface area contributed by atoms with Gasteiger partial charge in [-0.05, 0) is 91.6 Å². The highest BCUT2D eigenvalue weighted by Gasteiger charge is 2.14. The van der Waals surface area contributed by atoms with Gasteiger partial charge in [-0.15, -0.1) is 0 Å². The third-order valence-electron chi connectivity index (χ3n) is 6.06. The molecule has 0 aliphatic heterocycles. The molecular formula is C29H29Cl2N3S. The molecule has 0 saturated heterocycles. The van der Waals surface area contributed by atoms with E-state index in [-0.39, 0.29) is 0 Å². The van der Waals surface area contributed by atoms with Crippen LogP contribution in [-0.4, -0.2) is 21.1 Å². The number of nitrogens with zero attached hydrogens (tertiary/aromatic N) is 2. The Morgan fingerprint density at radius 1 is 0.914 bits per heavy atom. The number of hydrogen-bond donors (Lipinski definition) is 1. The van der Waals surface area contributed by atoms with Gasteiger partial charge in [0, 0.05) is 40.7 Å². The largest absolute Gasteiger partial charge is 0.345 e. The maximum atomic E-state index is 6.19. The fourth-order valence-electron chi connectivity index (χ4n) is 4.09. The van der Waals surface area contributed by atoms with Gasteiger partial charge in [0.2, 0.25) is 0 Å². The number of hydrogen-bond acceptors (Lipinski definition) is 1. The predicted molar refractivity (Wildman–Crippen MR) is 153 cm³/mol. The van der Waals surface area contributed by atoms with E-state index in [1.807, 2.05) is 36.4 Å². The number of halogens is 2. The zero-order valence-electron chi connectivity index (χ0n) is 20.0. The van der Waals surface area contributed by atoms with Crippen LogP contribution in [0.3, 0.4) is 0 Å². The van der Waals surface area contributed by atoms with Crippen molar-refractivity contribution in [2.24, 2.45) is 0 Å². The lowest BCUT2D eigenvalue weighted by Crippen LogP contribution is -2.36. The fourth-order valence-corrected chi connectivity index (χ4v) is 4.68. The molecule has 0 radical (unpaired) electrons. The Kier molecular flexibility index (Phi) is 8.50. The van der Waals surface area contributed by atoms with Gasteiger partial charge >= 0.3 is 0 Å². The Labute approximate surface area is 223 Å². The molecule has 0 bridgehead atoms. The van der Waals surface area contributed by atoms with Crippen LogP contribution < -0.4 is 5.32 Å². The van der Waals surface area contributed by atoms with Gasteiger partial charge in [0.15, 0.2) is 5.11 Å². The van der Waals surface area contributed by atoms with E-state index in [2.05, 4.69) is 77.3 Å². The van der Waals surface area contributed by atoms with Crippen molar-refractivity contribution in [1.82, 2.24) is 9.47 Å². The van der Waals surface area contributed by atoms with Gasteiger partial charge in [-0.3, -0.25) is 0 Å². The molecule has 1 aromatic heterocycles. The number of anilines is 1. The first-order chi connectivity index (χ1) is 16.9. The molecule has 0 spiro atoms. The molecule has 6 heteroatoms. The van der Waals surface area contributed by atoms with Gasteiger partial charge in [-0.25, -0.2) is 0 Å². The summed E-state index contributed by atoms with van der Waals surface area (Å²) in [5, 5.41) is 5.45. The smallest absolute Gasteiger partial charge is 0.173 e. The van der Waals surface area contributed by atoms with E-state index in [4.69, 9.17) is 35.4 Å². The lowest BCUT2D eigenvalue weighted by molar-refractivity contribution is 0.409. The lowest BCUT2D eigenvalue weighted by atomic mass is 10.1. The molecule has 0 aliphatic rings. The minimum Gasteiger partial charge on any atom is -0.345 e. The van der Waals surface area contributed by atoms with E-state index in [1.54, 1.807) is 0 Å². The molecule has 0 fully saturated rings. The van der Waals surface area contributed by atoms with Crippen molar-refractivity contribution in [3.05, 3.63) is 123 Å². The zero-order chi connectivity index (χ0) is 24.8. The van der Waals surface area contributed by atoms with Crippen LogP contribution in [0.1, 0.15) is 27.9 Å². The molecule has 3 nitrogen and oxygen atoms in total. The Hall–Kier alpha value is -2.79. The Bertz CT molecular complexity index is 1300. The SMILES string of the molecule is Cc1ccc(Cn2cccc2CN(CCc2ccc(Cl)cc2)C(=S)Nc2cccc(Cl)c2)c(C)c1. The minimum atomic E-state index is 0.667. The molecule has 0 unspecified atom stereocenters. The standard InChI is InChI=1S/C29H29Cl2N3S/c1-21-8-11-24(22(2)17-21)19-33-15-4-7-28(33)20-34(16-14-23-9-12-25(30)13-10-23)29(35)32-27-6-3-5-26(31)18-27/h3-13,15,17-18H,14,16,19-20H2,1-2H3,(H,32,35). The van der Waals surface area contributed by atoms with Crippen LogP contribution in [0.5, 0.6) is 0 Å². The van der Waals surface area contributed by atoms with Gasteiger partial charge < -0.3 is 14.8 Å². The van der Waals surface area contributed by atoms with E-state index >= 15 is 0 Å². The monoisotopic (exact) mass is 521 g/mol. The van der Waals surface area contributed by atoms with Crippen molar-refractivity contribution in [1.29, 1.82) is 0 Å². The third-order valence-corrected chi connectivity index (χ3v) is 6.91. The predicted octanol–water partition coefficient (Wildman–Crippen LogP) is 7.90. The molecule has 3 aromatic carbocycles. The first-order valence-electron chi connectivity index (χ1n) is 11.6. The van der Waals surface area contributed by atoms with Crippen LogP contribution in [0.2, 0.25) is 10.0 Å². The lowest BCUT2D eigenvalue weighted by Gasteiger charge is -2.27. The van der Waals surface area contributed by atoms with Crippen molar-refractivity contribution >= 4 is 46.2 Å². The van der Waals surface area contributed by atoms with Crippen molar-refractivity contribution < 1.29 is 0 Å². The molecule has 4 aromatic rings. The summed E-state index contributed by atoms with van der Waals surface area (Å²) < 4.78 is 2.30. The fraction of sp³-hybridized carbons (Fsp3) is 0.207. The minimum absolute atomic E-state index is 0.667. The van der Waals surface area contributed by atoms with Gasteiger partial charge in [-0.2, -0.15) is 0 Å². The van der Waals surface area contributed by atoms with E-state index < -0.39 is 0 Å². The quantitative estimate of drug-likeness (QED) is 0.238. The number of thiocarbonyl (C=S) groups is 1. The van der Waals surface area contributed by atoms with E-state index in [0.717, 1.165) is 30.2 Å².